The highest BCUT2D eigenvalue weighted by Gasteiger charge is 2.21. The highest BCUT2D eigenvalue weighted by Crippen LogP contribution is 2.23. The number of nitrogens with zero attached hydrogens (tertiary/aromatic N) is 1. The second-order valence-corrected chi connectivity index (χ2v) is 5.56. The van der Waals surface area contributed by atoms with Gasteiger partial charge in [0.25, 0.3) is 0 Å². The van der Waals surface area contributed by atoms with E-state index in [9.17, 15) is 4.79 Å². The first kappa shape index (κ1) is 15.3. The summed E-state index contributed by atoms with van der Waals surface area (Å²) >= 11 is 3.26. The number of benzene rings is 1. The van der Waals surface area contributed by atoms with Crippen LogP contribution in [0.1, 0.15) is 17.3 Å². The highest BCUT2D eigenvalue weighted by atomic mass is 79.9. The number of halogens is 1. The average Bonchev–Trinajstić information content (AvgIpc) is 2.46. The van der Waals surface area contributed by atoms with Crippen molar-refractivity contribution in [2.24, 2.45) is 0 Å². The summed E-state index contributed by atoms with van der Waals surface area (Å²) in [4.78, 5) is 13.5. The number of hydrogen-bond acceptors (Lipinski definition) is 4. The lowest BCUT2D eigenvalue weighted by molar-refractivity contribution is -0.0465. The molecular formula is C14H18BrNO4. The van der Waals surface area contributed by atoms with Crippen molar-refractivity contribution < 1.29 is 19.4 Å². The van der Waals surface area contributed by atoms with E-state index in [1.54, 1.807) is 12.1 Å². The molecule has 1 aliphatic rings. The van der Waals surface area contributed by atoms with Gasteiger partial charge in [-0.2, -0.15) is 0 Å². The summed E-state index contributed by atoms with van der Waals surface area (Å²) in [5.41, 5.74) is 0.155. The molecule has 1 atom stereocenters. The number of ether oxygens (including phenoxy) is 2. The summed E-state index contributed by atoms with van der Waals surface area (Å²) < 4.78 is 12.0. The summed E-state index contributed by atoms with van der Waals surface area (Å²) in [5.74, 6) is -0.626. The van der Waals surface area contributed by atoms with Crippen LogP contribution in [0.15, 0.2) is 22.7 Å². The number of morpholine rings is 1. The average molecular weight is 344 g/mol. The van der Waals surface area contributed by atoms with Gasteiger partial charge in [-0.25, -0.2) is 4.79 Å². The van der Waals surface area contributed by atoms with Crippen LogP contribution in [0.4, 0.5) is 0 Å². The van der Waals surface area contributed by atoms with E-state index in [2.05, 4.69) is 27.8 Å². The molecule has 0 radical (unpaired) electrons. The van der Waals surface area contributed by atoms with Crippen molar-refractivity contribution in [2.75, 3.05) is 32.8 Å². The van der Waals surface area contributed by atoms with Gasteiger partial charge in [0.15, 0.2) is 0 Å². The van der Waals surface area contributed by atoms with Crippen molar-refractivity contribution in [3.63, 3.8) is 0 Å². The van der Waals surface area contributed by atoms with Gasteiger partial charge in [-0.3, -0.25) is 4.90 Å². The van der Waals surface area contributed by atoms with E-state index in [0.717, 1.165) is 19.6 Å². The SMILES string of the molecule is CCN1CCOC(COc2ccc(Br)cc2C(=O)O)C1. The second kappa shape index (κ2) is 7.06. The topological polar surface area (TPSA) is 59.0 Å². The van der Waals surface area contributed by atoms with Crippen LogP contribution < -0.4 is 4.74 Å². The minimum Gasteiger partial charge on any atom is -0.490 e. The molecule has 110 valence electrons. The summed E-state index contributed by atoms with van der Waals surface area (Å²) in [5, 5.41) is 9.17. The van der Waals surface area contributed by atoms with Crippen molar-refractivity contribution >= 4 is 21.9 Å². The fourth-order valence-electron chi connectivity index (χ4n) is 2.15. The van der Waals surface area contributed by atoms with Gasteiger partial charge in [0.05, 0.1) is 6.61 Å². The maximum atomic E-state index is 11.2. The van der Waals surface area contributed by atoms with Gasteiger partial charge in [-0.1, -0.05) is 22.9 Å². The van der Waals surface area contributed by atoms with Crippen LogP contribution in [0.5, 0.6) is 5.75 Å². The largest absolute Gasteiger partial charge is 0.490 e. The number of carboxylic acid groups (broad SMARTS) is 1. The molecule has 20 heavy (non-hydrogen) atoms. The maximum Gasteiger partial charge on any atom is 0.339 e. The Morgan fingerprint density at radius 1 is 1.60 bits per heavy atom. The van der Waals surface area contributed by atoms with E-state index in [0.29, 0.717) is 23.4 Å². The standard InChI is InChI=1S/C14H18BrNO4/c1-2-16-5-6-19-11(8-16)9-20-13-4-3-10(15)7-12(13)14(17)18/h3-4,7,11H,2,5-6,8-9H2,1H3,(H,17,18). The van der Waals surface area contributed by atoms with Gasteiger partial charge in [-0.15, -0.1) is 0 Å². The van der Waals surface area contributed by atoms with Crippen molar-refractivity contribution in [1.82, 2.24) is 4.90 Å². The molecule has 0 bridgehead atoms. The van der Waals surface area contributed by atoms with Crippen LogP contribution in [0.25, 0.3) is 0 Å². The van der Waals surface area contributed by atoms with E-state index in [1.165, 1.54) is 6.07 Å². The Morgan fingerprint density at radius 2 is 2.40 bits per heavy atom. The van der Waals surface area contributed by atoms with E-state index >= 15 is 0 Å². The van der Waals surface area contributed by atoms with Crippen LogP contribution >= 0.6 is 15.9 Å². The Balaban J connectivity index is 1.98. The highest BCUT2D eigenvalue weighted by molar-refractivity contribution is 9.10. The molecule has 1 fully saturated rings. The zero-order valence-electron chi connectivity index (χ0n) is 11.3. The summed E-state index contributed by atoms with van der Waals surface area (Å²) in [6, 6.07) is 4.97. The smallest absolute Gasteiger partial charge is 0.339 e. The van der Waals surface area contributed by atoms with Gasteiger partial charge < -0.3 is 14.6 Å². The third-order valence-corrected chi connectivity index (χ3v) is 3.76. The van der Waals surface area contributed by atoms with Crippen LogP contribution in [-0.4, -0.2) is 54.9 Å². The molecule has 1 aliphatic heterocycles. The van der Waals surface area contributed by atoms with E-state index in [4.69, 9.17) is 14.6 Å². The third kappa shape index (κ3) is 3.94. The molecule has 5 nitrogen and oxygen atoms in total. The van der Waals surface area contributed by atoms with Crippen LogP contribution in [-0.2, 0) is 4.74 Å². The molecule has 0 saturated carbocycles. The fourth-order valence-corrected chi connectivity index (χ4v) is 2.51. The molecular weight excluding hydrogens is 326 g/mol. The molecule has 2 rings (SSSR count). The molecule has 1 unspecified atom stereocenters. The first-order valence-corrected chi connectivity index (χ1v) is 7.39. The Hall–Kier alpha value is -1.11. The lowest BCUT2D eigenvalue weighted by atomic mass is 10.2. The van der Waals surface area contributed by atoms with Gasteiger partial charge in [0.2, 0.25) is 0 Å². The van der Waals surface area contributed by atoms with E-state index in [-0.39, 0.29) is 11.7 Å². The minimum absolute atomic E-state index is 0.0195. The van der Waals surface area contributed by atoms with Crippen molar-refractivity contribution in [1.29, 1.82) is 0 Å². The minimum atomic E-state index is -0.999. The molecule has 1 N–H and O–H groups in total. The second-order valence-electron chi connectivity index (χ2n) is 4.64. The molecule has 1 saturated heterocycles. The molecule has 1 aromatic carbocycles. The first-order chi connectivity index (χ1) is 9.60. The van der Waals surface area contributed by atoms with Crippen molar-refractivity contribution in [3.05, 3.63) is 28.2 Å². The van der Waals surface area contributed by atoms with Gasteiger partial charge in [-0.05, 0) is 24.7 Å². The third-order valence-electron chi connectivity index (χ3n) is 3.27. The number of carboxylic acids is 1. The number of rotatable bonds is 5. The Morgan fingerprint density at radius 3 is 3.10 bits per heavy atom. The zero-order valence-corrected chi connectivity index (χ0v) is 12.9. The van der Waals surface area contributed by atoms with Crippen LogP contribution in [0, 0.1) is 0 Å². The monoisotopic (exact) mass is 343 g/mol. The first-order valence-electron chi connectivity index (χ1n) is 6.59. The number of likely N-dealkylation sites (N-methyl/N-ethyl adjacent to an activating group) is 1. The Bertz CT molecular complexity index is 480. The fraction of sp³-hybridized carbons (Fsp3) is 0.500. The number of aromatic carboxylic acids is 1. The molecule has 0 amide bonds. The maximum absolute atomic E-state index is 11.2. The van der Waals surface area contributed by atoms with Crippen LogP contribution in [0.2, 0.25) is 0 Å². The summed E-state index contributed by atoms with van der Waals surface area (Å²) in [6.45, 7) is 5.90. The molecule has 1 aromatic rings. The predicted octanol–water partition coefficient (Wildman–Crippen LogP) is 2.25. The Kier molecular flexibility index (Phi) is 5.39. The quantitative estimate of drug-likeness (QED) is 0.888. The molecule has 0 aromatic heterocycles. The van der Waals surface area contributed by atoms with Crippen LogP contribution in [0.3, 0.4) is 0 Å². The summed E-state index contributed by atoms with van der Waals surface area (Å²) in [7, 11) is 0. The van der Waals surface area contributed by atoms with E-state index < -0.39 is 5.97 Å². The van der Waals surface area contributed by atoms with Gasteiger partial charge in [0, 0.05) is 17.6 Å². The number of carbonyl (C=O) groups is 1. The lowest BCUT2D eigenvalue weighted by Crippen LogP contribution is -2.44. The number of hydrogen-bond donors (Lipinski definition) is 1. The van der Waals surface area contributed by atoms with Crippen molar-refractivity contribution in [3.8, 4) is 5.75 Å². The van der Waals surface area contributed by atoms with Gasteiger partial charge in [0.1, 0.15) is 24.0 Å². The summed E-state index contributed by atoms with van der Waals surface area (Å²) in [6.07, 6.45) is -0.0195. The normalized spacial score (nSPS) is 19.8. The zero-order chi connectivity index (χ0) is 14.5. The lowest BCUT2D eigenvalue weighted by Gasteiger charge is -2.31. The molecule has 6 heteroatoms. The molecule has 0 aliphatic carbocycles. The molecule has 1 heterocycles. The Labute approximate surface area is 126 Å². The van der Waals surface area contributed by atoms with Crippen molar-refractivity contribution in [2.45, 2.75) is 13.0 Å². The van der Waals surface area contributed by atoms with Gasteiger partial charge >= 0.3 is 5.97 Å². The van der Waals surface area contributed by atoms with E-state index in [1.807, 2.05) is 0 Å². The predicted molar refractivity (Wildman–Crippen MR) is 78.5 cm³/mol. The molecule has 0 spiro atoms.